The molecule has 1 fully saturated rings. The van der Waals surface area contributed by atoms with Crippen LogP contribution in [0, 0.1) is 11.3 Å². The molecule has 0 unspecified atom stereocenters. The lowest BCUT2D eigenvalue weighted by Gasteiger charge is -2.17. The highest BCUT2D eigenvalue weighted by Crippen LogP contribution is 2.17. The molecule has 0 saturated carbocycles. The minimum Gasteiger partial charge on any atom is -0.366 e. The molecule has 0 radical (unpaired) electrons. The van der Waals surface area contributed by atoms with E-state index in [0.29, 0.717) is 11.6 Å². The molecule has 0 bridgehead atoms. The number of aromatic nitrogens is 1. The fraction of sp³-hybridized carbons (Fsp3) is 0.294. The van der Waals surface area contributed by atoms with Gasteiger partial charge in [0.15, 0.2) is 0 Å². The van der Waals surface area contributed by atoms with Crippen LogP contribution in [0.25, 0.3) is 0 Å². The van der Waals surface area contributed by atoms with Crippen molar-refractivity contribution >= 4 is 5.82 Å². The van der Waals surface area contributed by atoms with Crippen molar-refractivity contribution in [2.45, 2.75) is 19.0 Å². The normalized spacial score (nSPS) is 18.3. The van der Waals surface area contributed by atoms with Crippen LogP contribution in [0.1, 0.15) is 17.5 Å². The van der Waals surface area contributed by atoms with Crippen molar-refractivity contribution in [3.63, 3.8) is 0 Å². The Bertz CT molecular complexity index is 615. The van der Waals surface area contributed by atoms with Crippen molar-refractivity contribution < 1.29 is 0 Å². The number of likely N-dealkylation sites (tertiary alicyclic amines) is 1. The van der Waals surface area contributed by atoms with E-state index < -0.39 is 0 Å². The highest BCUT2D eigenvalue weighted by Gasteiger charge is 2.22. The van der Waals surface area contributed by atoms with Gasteiger partial charge in [0.1, 0.15) is 11.9 Å². The number of nitrogens with zero attached hydrogens (tertiary/aromatic N) is 3. The Morgan fingerprint density at radius 2 is 2.10 bits per heavy atom. The van der Waals surface area contributed by atoms with E-state index in [-0.39, 0.29) is 0 Å². The number of nitriles is 1. The average Bonchev–Trinajstić information content (AvgIpc) is 2.96. The summed E-state index contributed by atoms with van der Waals surface area (Å²) in [6.07, 6.45) is 2.73. The summed E-state index contributed by atoms with van der Waals surface area (Å²) in [5.41, 5.74) is 1.95. The van der Waals surface area contributed by atoms with Gasteiger partial charge in [-0.15, -0.1) is 0 Å². The van der Waals surface area contributed by atoms with E-state index in [9.17, 15) is 0 Å². The number of hydrogen-bond donors (Lipinski definition) is 1. The van der Waals surface area contributed by atoms with Gasteiger partial charge in [0, 0.05) is 31.9 Å². The summed E-state index contributed by atoms with van der Waals surface area (Å²) in [5, 5.41) is 12.2. The Kier molecular flexibility index (Phi) is 4.13. The monoisotopic (exact) mass is 278 g/mol. The molecule has 1 aliphatic heterocycles. The summed E-state index contributed by atoms with van der Waals surface area (Å²) < 4.78 is 0. The van der Waals surface area contributed by atoms with Crippen LogP contribution >= 0.6 is 0 Å². The van der Waals surface area contributed by atoms with E-state index in [2.05, 4.69) is 51.6 Å². The molecule has 1 aromatic heterocycles. The van der Waals surface area contributed by atoms with Gasteiger partial charge in [-0.2, -0.15) is 5.26 Å². The van der Waals surface area contributed by atoms with Crippen molar-refractivity contribution in [2.75, 3.05) is 18.4 Å². The van der Waals surface area contributed by atoms with Crippen molar-refractivity contribution in [2.24, 2.45) is 0 Å². The lowest BCUT2D eigenvalue weighted by molar-refractivity contribution is 0.328. The molecule has 0 amide bonds. The fourth-order valence-electron chi connectivity index (χ4n) is 2.69. The zero-order valence-electron chi connectivity index (χ0n) is 11.9. The van der Waals surface area contributed by atoms with Gasteiger partial charge in [-0.1, -0.05) is 30.3 Å². The Balaban J connectivity index is 1.53. The van der Waals surface area contributed by atoms with Gasteiger partial charge in [-0.3, -0.25) is 4.90 Å². The van der Waals surface area contributed by atoms with Gasteiger partial charge in [0.2, 0.25) is 0 Å². The molecule has 0 spiro atoms. The summed E-state index contributed by atoms with van der Waals surface area (Å²) in [6.45, 7) is 3.12. The van der Waals surface area contributed by atoms with Crippen molar-refractivity contribution in [1.29, 1.82) is 5.26 Å². The van der Waals surface area contributed by atoms with Gasteiger partial charge in [-0.25, -0.2) is 4.98 Å². The number of nitrogens with one attached hydrogen (secondary N) is 1. The van der Waals surface area contributed by atoms with Crippen LogP contribution < -0.4 is 5.32 Å². The molecule has 1 aromatic carbocycles. The Hall–Kier alpha value is -2.38. The molecular weight excluding hydrogens is 260 g/mol. The molecule has 2 heterocycles. The first-order chi connectivity index (χ1) is 10.3. The van der Waals surface area contributed by atoms with E-state index in [1.807, 2.05) is 6.07 Å². The van der Waals surface area contributed by atoms with E-state index >= 15 is 0 Å². The average molecular weight is 278 g/mol. The smallest absolute Gasteiger partial charge is 0.126 e. The van der Waals surface area contributed by atoms with Gasteiger partial charge in [0.25, 0.3) is 0 Å². The summed E-state index contributed by atoms with van der Waals surface area (Å²) in [6, 6.07) is 16.7. The summed E-state index contributed by atoms with van der Waals surface area (Å²) in [5.74, 6) is 0.848. The lowest BCUT2D eigenvalue weighted by atomic mass is 10.2. The molecule has 1 saturated heterocycles. The minimum absolute atomic E-state index is 0.425. The van der Waals surface area contributed by atoms with Crippen molar-refractivity contribution in [1.82, 2.24) is 9.88 Å². The van der Waals surface area contributed by atoms with Crippen LogP contribution in [0.15, 0.2) is 48.7 Å². The maximum atomic E-state index is 8.77. The number of pyridine rings is 1. The molecule has 4 nitrogen and oxygen atoms in total. The maximum Gasteiger partial charge on any atom is 0.126 e. The van der Waals surface area contributed by atoms with Crippen LogP contribution in [0.3, 0.4) is 0 Å². The molecular formula is C17H18N4. The van der Waals surface area contributed by atoms with Gasteiger partial charge in [0.05, 0.1) is 5.56 Å². The molecule has 2 aromatic rings. The summed E-state index contributed by atoms with van der Waals surface area (Å²) in [4.78, 5) is 6.72. The topological polar surface area (TPSA) is 52.0 Å². The van der Waals surface area contributed by atoms with Crippen LogP contribution in [0.4, 0.5) is 5.82 Å². The van der Waals surface area contributed by atoms with Crippen LogP contribution in [0.5, 0.6) is 0 Å². The molecule has 4 heteroatoms. The third-order valence-electron chi connectivity index (χ3n) is 3.77. The Morgan fingerprint density at radius 1 is 1.24 bits per heavy atom. The predicted octanol–water partition coefficient (Wildman–Crippen LogP) is 2.64. The second-order valence-corrected chi connectivity index (χ2v) is 5.39. The molecule has 3 rings (SSSR count). The molecule has 1 atom stereocenters. The Morgan fingerprint density at radius 3 is 2.81 bits per heavy atom. The quantitative estimate of drug-likeness (QED) is 0.934. The zero-order chi connectivity index (χ0) is 14.5. The molecule has 1 aliphatic rings. The van der Waals surface area contributed by atoms with E-state index in [0.717, 1.165) is 31.9 Å². The second kappa shape index (κ2) is 6.38. The van der Waals surface area contributed by atoms with Crippen molar-refractivity contribution in [3.8, 4) is 6.07 Å². The largest absolute Gasteiger partial charge is 0.366 e. The molecule has 0 aliphatic carbocycles. The van der Waals surface area contributed by atoms with Gasteiger partial charge < -0.3 is 5.32 Å². The standard InChI is InChI=1S/C17H18N4/c18-10-15-6-7-17(19-11-15)20-16-8-9-21(13-16)12-14-4-2-1-3-5-14/h1-7,11,16H,8-9,12-13H2,(H,19,20)/t16-/m1/s1. The van der Waals surface area contributed by atoms with E-state index in [4.69, 9.17) is 5.26 Å². The summed E-state index contributed by atoms with van der Waals surface area (Å²) >= 11 is 0. The van der Waals surface area contributed by atoms with E-state index in [1.165, 1.54) is 5.56 Å². The minimum atomic E-state index is 0.425. The first-order valence-corrected chi connectivity index (χ1v) is 7.22. The first kappa shape index (κ1) is 13.6. The number of rotatable bonds is 4. The molecule has 106 valence electrons. The van der Waals surface area contributed by atoms with Crippen LogP contribution in [0.2, 0.25) is 0 Å². The number of benzene rings is 1. The van der Waals surface area contributed by atoms with Gasteiger partial charge >= 0.3 is 0 Å². The van der Waals surface area contributed by atoms with Crippen LogP contribution in [-0.4, -0.2) is 29.0 Å². The molecule has 21 heavy (non-hydrogen) atoms. The Labute approximate surface area is 125 Å². The highest BCUT2D eigenvalue weighted by atomic mass is 15.2. The van der Waals surface area contributed by atoms with Crippen LogP contribution in [-0.2, 0) is 6.54 Å². The maximum absolute atomic E-state index is 8.77. The van der Waals surface area contributed by atoms with Crippen molar-refractivity contribution in [3.05, 3.63) is 59.8 Å². The first-order valence-electron chi connectivity index (χ1n) is 7.22. The molecule has 1 N–H and O–H groups in total. The third kappa shape index (κ3) is 3.59. The number of anilines is 1. The lowest BCUT2D eigenvalue weighted by Crippen LogP contribution is -2.26. The van der Waals surface area contributed by atoms with E-state index in [1.54, 1.807) is 12.3 Å². The SMILES string of the molecule is N#Cc1ccc(N[C@@H]2CCN(Cc3ccccc3)C2)nc1. The predicted molar refractivity (Wildman–Crippen MR) is 82.7 cm³/mol. The number of hydrogen-bond acceptors (Lipinski definition) is 4. The fourth-order valence-corrected chi connectivity index (χ4v) is 2.69. The zero-order valence-corrected chi connectivity index (χ0v) is 11.9. The van der Waals surface area contributed by atoms with Gasteiger partial charge in [-0.05, 0) is 24.1 Å². The highest BCUT2D eigenvalue weighted by molar-refractivity contribution is 5.40. The second-order valence-electron chi connectivity index (χ2n) is 5.39. The summed E-state index contributed by atoms with van der Waals surface area (Å²) in [7, 11) is 0. The third-order valence-corrected chi connectivity index (χ3v) is 3.77.